The molecule has 0 heterocycles. The lowest BCUT2D eigenvalue weighted by atomic mass is 9.99. The molecular weight excluding hydrogens is 450 g/mol. The van der Waals surface area contributed by atoms with Crippen LogP contribution in [-0.2, 0) is 24.0 Å². The van der Waals surface area contributed by atoms with Crippen molar-refractivity contribution in [2.45, 2.75) is 77.5 Å². The number of carboxylic acids is 1. The lowest BCUT2D eigenvalue weighted by Gasteiger charge is -2.27. The number of aliphatic carboxylic acids is 1. The highest BCUT2D eigenvalue weighted by Gasteiger charge is 2.32. The number of hydrogen-bond acceptors (Lipinski definition) is 7. The normalized spacial score (nSPS) is 14.8. The molecule has 8 N–H and O–H groups in total. The maximum absolute atomic E-state index is 13.0. The average molecular weight is 490 g/mol. The van der Waals surface area contributed by atoms with Gasteiger partial charge in [-0.15, -0.1) is 0 Å². The molecule has 0 aromatic rings. The molecule has 4 unspecified atom stereocenters. The highest BCUT2D eigenvalue weighted by atomic mass is 32.2. The van der Waals surface area contributed by atoms with Crippen molar-refractivity contribution >= 4 is 41.4 Å². The Hall–Kier alpha value is -2.34. The van der Waals surface area contributed by atoms with Crippen LogP contribution in [0.2, 0.25) is 0 Å². The Bertz CT molecular complexity index is 688. The number of carboxylic acid groups (broad SMARTS) is 1. The second kappa shape index (κ2) is 15.5. The summed E-state index contributed by atoms with van der Waals surface area (Å²) in [4.78, 5) is 60.5. The van der Waals surface area contributed by atoms with Crippen LogP contribution in [0.5, 0.6) is 0 Å². The fourth-order valence-electron chi connectivity index (χ4n) is 2.95. The molecule has 0 fully saturated rings. The molecule has 0 aliphatic carbocycles. The van der Waals surface area contributed by atoms with Crippen molar-refractivity contribution in [3.8, 4) is 0 Å². The number of thioether (sulfide) groups is 1. The summed E-state index contributed by atoms with van der Waals surface area (Å²) in [6, 6.07) is -4.05. The second-order valence-electron chi connectivity index (χ2n) is 8.71. The predicted octanol–water partition coefficient (Wildman–Crippen LogP) is -0.427. The lowest BCUT2D eigenvalue weighted by Crippen LogP contribution is -2.58. The van der Waals surface area contributed by atoms with E-state index in [0.717, 1.165) is 0 Å². The van der Waals surface area contributed by atoms with Crippen LogP contribution >= 0.6 is 11.8 Å². The van der Waals surface area contributed by atoms with E-state index in [9.17, 15) is 29.1 Å². The van der Waals surface area contributed by atoms with Crippen molar-refractivity contribution in [3.63, 3.8) is 0 Å². The molecule has 0 saturated carbocycles. The summed E-state index contributed by atoms with van der Waals surface area (Å²) >= 11 is 1.46. The van der Waals surface area contributed by atoms with Gasteiger partial charge >= 0.3 is 5.97 Å². The number of carbonyl (C=O) groups is 5. The SMILES string of the molecule is CSCCC(NC(=O)C(NC(=O)C(CC(C)C)NC(=O)C(N)CCC(N)=O)C(C)C)C(=O)O. The summed E-state index contributed by atoms with van der Waals surface area (Å²) in [6.45, 7) is 7.18. The van der Waals surface area contributed by atoms with Crippen molar-refractivity contribution in [3.05, 3.63) is 0 Å². The number of amides is 4. The maximum Gasteiger partial charge on any atom is 0.326 e. The molecule has 4 amide bonds. The fourth-order valence-corrected chi connectivity index (χ4v) is 3.43. The van der Waals surface area contributed by atoms with Gasteiger partial charge in [0.15, 0.2) is 0 Å². The first kappa shape index (κ1) is 30.7. The van der Waals surface area contributed by atoms with Crippen molar-refractivity contribution < 1.29 is 29.1 Å². The van der Waals surface area contributed by atoms with Crippen LogP contribution in [0.4, 0.5) is 0 Å². The van der Waals surface area contributed by atoms with E-state index < -0.39 is 53.8 Å². The Morgan fingerprint density at radius 1 is 0.879 bits per heavy atom. The third-order valence-corrected chi connectivity index (χ3v) is 5.49. The topological polar surface area (TPSA) is 194 Å². The highest BCUT2D eigenvalue weighted by molar-refractivity contribution is 7.98. The molecule has 0 aromatic heterocycles. The van der Waals surface area contributed by atoms with Crippen LogP contribution in [0.25, 0.3) is 0 Å². The van der Waals surface area contributed by atoms with Crippen LogP contribution in [0.15, 0.2) is 0 Å². The fraction of sp³-hybridized carbons (Fsp3) is 0.762. The van der Waals surface area contributed by atoms with Gasteiger partial charge in [0.1, 0.15) is 18.1 Å². The number of hydrogen-bond donors (Lipinski definition) is 6. The predicted molar refractivity (Wildman–Crippen MR) is 127 cm³/mol. The number of rotatable bonds is 16. The smallest absolute Gasteiger partial charge is 0.326 e. The first-order chi connectivity index (χ1) is 15.3. The van der Waals surface area contributed by atoms with Gasteiger partial charge in [-0.2, -0.15) is 11.8 Å². The van der Waals surface area contributed by atoms with E-state index >= 15 is 0 Å². The first-order valence-electron chi connectivity index (χ1n) is 11.0. The molecule has 190 valence electrons. The summed E-state index contributed by atoms with van der Waals surface area (Å²) in [5, 5.41) is 17.1. The van der Waals surface area contributed by atoms with Gasteiger partial charge in [-0.3, -0.25) is 19.2 Å². The quantitative estimate of drug-likeness (QED) is 0.168. The minimum absolute atomic E-state index is 0.0390. The molecule has 4 atom stereocenters. The Morgan fingerprint density at radius 3 is 1.91 bits per heavy atom. The Kier molecular flexibility index (Phi) is 14.4. The second-order valence-corrected chi connectivity index (χ2v) is 9.70. The van der Waals surface area contributed by atoms with Gasteiger partial charge in [0.2, 0.25) is 23.6 Å². The number of primary amides is 1. The molecule has 0 aliphatic heterocycles. The average Bonchev–Trinajstić information content (AvgIpc) is 2.71. The molecular formula is C21H39N5O6S. The van der Waals surface area contributed by atoms with Crippen LogP contribution in [-0.4, -0.2) is 70.9 Å². The zero-order valence-corrected chi connectivity index (χ0v) is 20.9. The van der Waals surface area contributed by atoms with E-state index in [1.54, 1.807) is 13.8 Å². The summed E-state index contributed by atoms with van der Waals surface area (Å²) in [6.07, 6.45) is 2.35. The van der Waals surface area contributed by atoms with E-state index in [4.69, 9.17) is 11.5 Å². The molecule has 11 nitrogen and oxygen atoms in total. The Labute approximate surface area is 199 Å². The zero-order valence-electron chi connectivity index (χ0n) is 20.1. The molecule has 0 saturated heterocycles. The van der Waals surface area contributed by atoms with E-state index in [1.807, 2.05) is 20.1 Å². The summed E-state index contributed by atoms with van der Waals surface area (Å²) in [7, 11) is 0. The monoisotopic (exact) mass is 489 g/mol. The Balaban J connectivity index is 5.35. The maximum atomic E-state index is 13.0. The summed E-state index contributed by atoms with van der Waals surface area (Å²) in [5.74, 6) is -3.28. The van der Waals surface area contributed by atoms with Crippen LogP contribution in [0, 0.1) is 11.8 Å². The third-order valence-electron chi connectivity index (χ3n) is 4.85. The number of nitrogens with two attached hydrogens (primary N) is 2. The lowest BCUT2D eigenvalue weighted by molar-refractivity contribution is -0.142. The van der Waals surface area contributed by atoms with Gasteiger partial charge in [-0.1, -0.05) is 27.7 Å². The van der Waals surface area contributed by atoms with Crippen LogP contribution in [0.1, 0.15) is 53.4 Å². The van der Waals surface area contributed by atoms with Crippen molar-refractivity contribution in [2.75, 3.05) is 12.0 Å². The minimum Gasteiger partial charge on any atom is -0.480 e. The molecule has 0 aromatic carbocycles. The molecule has 0 rings (SSSR count). The van der Waals surface area contributed by atoms with Gasteiger partial charge in [-0.05, 0) is 43.1 Å². The standard InChI is InChI=1S/C21H39N5O6S/c1-11(2)10-15(25-18(28)13(22)6-7-16(23)27)19(29)26-17(12(3)4)20(30)24-14(21(31)32)8-9-33-5/h11-15,17H,6-10,22H2,1-5H3,(H2,23,27)(H,24,30)(H,25,28)(H,26,29)(H,31,32). The van der Waals surface area contributed by atoms with Crippen molar-refractivity contribution in [2.24, 2.45) is 23.3 Å². The van der Waals surface area contributed by atoms with E-state index in [2.05, 4.69) is 16.0 Å². The first-order valence-corrected chi connectivity index (χ1v) is 12.4. The van der Waals surface area contributed by atoms with E-state index in [1.165, 1.54) is 11.8 Å². The highest BCUT2D eigenvalue weighted by Crippen LogP contribution is 2.10. The third kappa shape index (κ3) is 12.5. The zero-order chi connectivity index (χ0) is 25.7. The van der Waals surface area contributed by atoms with Gasteiger partial charge in [0, 0.05) is 6.42 Å². The Morgan fingerprint density at radius 2 is 1.45 bits per heavy atom. The largest absolute Gasteiger partial charge is 0.480 e. The number of carbonyl (C=O) groups excluding carboxylic acids is 4. The van der Waals surface area contributed by atoms with Crippen molar-refractivity contribution in [1.82, 2.24) is 16.0 Å². The summed E-state index contributed by atoms with van der Waals surface area (Å²) in [5.41, 5.74) is 10.9. The summed E-state index contributed by atoms with van der Waals surface area (Å²) < 4.78 is 0. The van der Waals surface area contributed by atoms with Crippen LogP contribution < -0.4 is 27.4 Å². The van der Waals surface area contributed by atoms with Gasteiger partial charge in [0.25, 0.3) is 0 Å². The molecule has 0 aliphatic rings. The molecule has 0 bridgehead atoms. The minimum atomic E-state index is -1.15. The molecule has 12 heteroatoms. The van der Waals surface area contributed by atoms with E-state index in [0.29, 0.717) is 5.75 Å². The molecule has 33 heavy (non-hydrogen) atoms. The van der Waals surface area contributed by atoms with Crippen molar-refractivity contribution in [1.29, 1.82) is 0 Å². The van der Waals surface area contributed by atoms with Gasteiger partial charge in [0.05, 0.1) is 6.04 Å². The van der Waals surface area contributed by atoms with Crippen LogP contribution in [0.3, 0.4) is 0 Å². The van der Waals surface area contributed by atoms with E-state index in [-0.39, 0.29) is 37.5 Å². The molecule has 0 radical (unpaired) electrons. The number of nitrogens with one attached hydrogen (secondary N) is 3. The van der Waals surface area contributed by atoms with Gasteiger partial charge < -0.3 is 32.5 Å². The molecule has 0 spiro atoms. The van der Waals surface area contributed by atoms with Gasteiger partial charge in [-0.25, -0.2) is 4.79 Å².